The van der Waals surface area contributed by atoms with Gasteiger partial charge in [-0.1, -0.05) is 47.5 Å². The number of fused-ring (bicyclic) bond motifs is 1. The van der Waals surface area contributed by atoms with Crippen LogP contribution in [-0.4, -0.2) is 29.3 Å². The molecule has 0 bridgehead atoms. The van der Waals surface area contributed by atoms with Crippen LogP contribution in [0.5, 0.6) is 0 Å². The van der Waals surface area contributed by atoms with Gasteiger partial charge < -0.3 is 10.2 Å². The van der Waals surface area contributed by atoms with E-state index in [0.717, 1.165) is 11.1 Å². The maximum Gasteiger partial charge on any atom is 0.255 e. The second-order valence-corrected chi connectivity index (χ2v) is 7.46. The average molecular weight is 391 g/mol. The Morgan fingerprint density at radius 2 is 1.88 bits per heavy atom. The third-order valence-corrected chi connectivity index (χ3v) is 5.10. The van der Waals surface area contributed by atoms with Crippen LogP contribution in [0.4, 0.5) is 0 Å². The molecule has 1 aliphatic heterocycles. The van der Waals surface area contributed by atoms with E-state index in [2.05, 4.69) is 5.32 Å². The van der Waals surface area contributed by atoms with Gasteiger partial charge in [-0.2, -0.15) is 0 Å². The van der Waals surface area contributed by atoms with Crippen LogP contribution >= 0.6 is 23.2 Å². The summed E-state index contributed by atoms with van der Waals surface area (Å²) >= 11 is 12.0. The van der Waals surface area contributed by atoms with Crippen molar-refractivity contribution in [3.05, 3.63) is 69.2 Å². The van der Waals surface area contributed by atoms with Crippen LogP contribution in [0.25, 0.3) is 0 Å². The van der Waals surface area contributed by atoms with Gasteiger partial charge in [0.25, 0.3) is 5.91 Å². The second-order valence-electron chi connectivity index (χ2n) is 6.65. The summed E-state index contributed by atoms with van der Waals surface area (Å²) in [6.07, 6.45) is 0.585. The SMILES string of the molecule is CC(C)NC(=O)C1c2ccccc2C(=O)N1CCc1ccc(Cl)c(Cl)c1. The molecule has 136 valence electrons. The normalized spacial score (nSPS) is 16.1. The molecule has 1 aliphatic rings. The molecule has 1 heterocycles. The molecule has 1 N–H and O–H groups in total. The highest BCUT2D eigenvalue weighted by molar-refractivity contribution is 6.42. The van der Waals surface area contributed by atoms with E-state index in [0.29, 0.717) is 28.6 Å². The molecule has 0 aliphatic carbocycles. The van der Waals surface area contributed by atoms with Crippen LogP contribution in [0.15, 0.2) is 42.5 Å². The Hall–Kier alpha value is -2.04. The zero-order chi connectivity index (χ0) is 18.8. The molecule has 2 aromatic carbocycles. The standard InChI is InChI=1S/C20H20Cl2N2O2/c1-12(2)23-19(25)18-14-5-3-4-6-15(14)20(26)24(18)10-9-13-7-8-16(21)17(22)11-13/h3-8,11-12,18H,9-10H2,1-2H3,(H,23,25). The maximum absolute atomic E-state index is 12.8. The Morgan fingerprint density at radius 1 is 1.15 bits per heavy atom. The van der Waals surface area contributed by atoms with E-state index in [4.69, 9.17) is 23.2 Å². The summed E-state index contributed by atoms with van der Waals surface area (Å²) < 4.78 is 0. The number of hydrogen-bond donors (Lipinski definition) is 1. The highest BCUT2D eigenvalue weighted by Gasteiger charge is 2.40. The van der Waals surface area contributed by atoms with E-state index in [1.165, 1.54) is 0 Å². The van der Waals surface area contributed by atoms with Gasteiger partial charge in [0, 0.05) is 18.2 Å². The second kappa shape index (κ2) is 7.68. The first-order valence-electron chi connectivity index (χ1n) is 8.52. The summed E-state index contributed by atoms with van der Waals surface area (Å²) in [4.78, 5) is 27.2. The molecule has 0 fully saturated rings. The first-order chi connectivity index (χ1) is 12.4. The molecule has 1 atom stereocenters. The molecule has 0 saturated carbocycles. The largest absolute Gasteiger partial charge is 0.352 e. The molecule has 6 heteroatoms. The van der Waals surface area contributed by atoms with E-state index in [1.807, 2.05) is 38.1 Å². The van der Waals surface area contributed by atoms with Crippen molar-refractivity contribution in [2.45, 2.75) is 32.4 Å². The molecule has 0 saturated heterocycles. The molecule has 0 aromatic heterocycles. The van der Waals surface area contributed by atoms with E-state index in [-0.39, 0.29) is 17.9 Å². The summed E-state index contributed by atoms with van der Waals surface area (Å²) in [6, 6.07) is 12.1. The first kappa shape index (κ1) is 18.7. The van der Waals surface area contributed by atoms with Crippen molar-refractivity contribution in [2.75, 3.05) is 6.54 Å². The molecule has 0 spiro atoms. The lowest BCUT2D eigenvalue weighted by molar-refractivity contribution is -0.126. The van der Waals surface area contributed by atoms with E-state index in [1.54, 1.807) is 23.1 Å². The van der Waals surface area contributed by atoms with Gasteiger partial charge in [-0.15, -0.1) is 0 Å². The minimum atomic E-state index is -0.608. The number of halogens is 2. The van der Waals surface area contributed by atoms with Gasteiger partial charge in [0.1, 0.15) is 6.04 Å². The zero-order valence-electron chi connectivity index (χ0n) is 14.6. The minimum absolute atomic E-state index is 0.00212. The molecule has 1 unspecified atom stereocenters. The van der Waals surface area contributed by atoms with Crippen molar-refractivity contribution >= 4 is 35.0 Å². The molecule has 26 heavy (non-hydrogen) atoms. The number of nitrogens with one attached hydrogen (secondary N) is 1. The zero-order valence-corrected chi connectivity index (χ0v) is 16.1. The van der Waals surface area contributed by atoms with Crippen molar-refractivity contribution in [3.8, 4) is 0 Å². The Bertz CT molecular complexity index is 851. The highest BCUT2D eigenvalue weighted by Crippen LogP contribution is 2.34. The fourth-order valence-electron chi connectivity index (χ4n) is 3.19. The molecule has 2 aromatic rings. The molecular weight excluding hydrogens is 371 g/mol. The van der Waals surface area contributed by atoms with Crippen LogP contribution in [-0.2, 0) is 11.2 Å². The lowest BCUT2D eigenvalue weighted by Gasteiger charge is -2.25. The Labute approximate surface area is 163 Å². The van der Waals surface area contributed by atoms with Gasteiger partial charge in [0.15, 0.2) is 0 Å². The van der Waals surface area contributed by atoms with Crippen molar-refractivity contribution < 1.29 is 9.59 Å². The molecular formula is C20H20Cl2N2O2. The number of carbonyl (C=O) groups is 2. The van der Waals surface area contributed by atoms with Crippen LogP contribution < -0.4 is 5.32 Å². The maximum atomic E-state index is 12.8. The fourth-order valence-corrected chi connectivity index (χ4v) is 3.51. The third kappa shape index (κ3) is 3.71. The van der Waals surface area contributed by atoms with Crippen LogP contribution in [0, 0.1) is 0 Å². The minimum Gasteiger partial charge on any atom is -0.352 e. The molecule has 4 nitrogen and oxygen atoms in total. The summed E-state index contributed by atoms with van der Waals surface area (Å²) in [7, 11) is 0. The van der Waals surface area contributed by atoms with Gasteiger partial charge in [-0.3, -0.25) is 9.59 Å². The predicted molar refractivity (Wildman–Crippen MR) is 104 cm³/mol. The van der Waals surface area contributed by atoms with Gasteiger partial charge in [-0.25, -0.2) is 0 Å². The van der Waals surface area contributed by atoms with Crippen LogP contribution in [0.3, 0.4) is 0 Å². The van der Waals surface area contributed by atoms with Crippen molar-refractivity contribution in [2.24, 2.45) is 0 Å². The van der Waals surface area contributed by atoms with E-state index in [9.17, 15) is 9.59 Å². The summed E-state index contributed by atoms with van der Waals surface area (Å²) in [5, 5.41) is 3.90. The Morgan fingerprint density at radius 3 is 2.58 bits per heavy atom. The summed E-state index contributed by atoms with van der Waals surface area (Å²) in [5.74, 6) is -0.281. The predicted octanol–water partition coefficient (Wildman–Crippen LogP) is 4.26. The topological polar surface area (TPSA) is 49.4 Å². The number of rotatable bonds is 5. The van der Waals surface area contributed by atoms with Crippen molar-refractivity contribution in [1.82, 2.24) is 10.2 Å². The summed E-state index contributed by atoms with van der Waals surface area (Å²) in [5.41, 5.74) is 2.31. The monoisotopic (exact) mass is 390 g/mol. The lowest BCUT2D eigenvalue weighted by atomic mass is 10.0. The Kier molecular flexibility index (Phi) is 5.54. The van der Waals surface area contributed by atoms with E-state index < -0.39 is 6.04 Å². The number of amides is 2. The first-order valence-corrected chi connectivity index (χ1v) is 9.28. The van der Waals surface area contributed by atoms with Crippen molar-refractivity contribution in [1.29, 1.82) is 0 Å². The average Bonchev–Trinajstić information content (AvgIpc) is 2.88. The quantitative estimate of drug-likeness (QED) is 0.828. The number of carbonyl (C=O) groups excluding carboxylic acids is 2. The van der Waals surface area contributed by atoms with Crippen LogP contribution in [0.2, 0.25) is 10.0 Å². The third-order valence-electron chi connectivity index (χ3n) is 4.36. The highest BCUT2D eigenvalue weighted by atomic mass is 35.5. The smallest absolute Gasteiger partial charge is 0.255 e. The number of nitrogens with zero attached hydrogens (tertiary/aromatic N) is 1. The van der Waals surface area contributed by atoms with Gasteiger partial charge in [0.05, 0.1) is 10.0 Å². The number of hydrogen-bond acceptors (Lipinski definition) is 2. The molecule has 2 amide bonds. The van der Waals surface area contributed by atoms with Gasteiger partial charge in [0.2, 0.25) is 5.91 Å². The summed E-state index contributed by atoms with van der Waals surface area (Å²) in [6.45, 7) is 4.23. The van der Waals surface area contributed by atoms with Gasteiger partial charge >= 0.3 is 0 Å². The van der Waals surface area contributed by atoms with Gasteiger partial charge in [-0.05, 0) is 49.6 Å². The van der Waals surface area contributed by atoms with E-state index >= 15 is 0 Å². The Balaban J connectivity index is 1.85. The lowest BCUT2D eigenvalue weighted by Crippen LogP contribution is -2.42. The van der Waals surface area contributed by atoms with Crippen molar-refractivity contribution in [3.63, 3.8) is 0 Å². The molecule has 0 radical (unpaired) electrons. The fraction of sp³-hybridized carbons (Fsp3) is 0.300. The number of benzene rings is 2. The van der Waals surface area contributed by atoms with Crippen LogP contribution in [0.1, 0.15) is 41.4 Å². The molecule has 3 rings (SSSR count).